The van der Waals surface area contributed by atoms with Gasteiger partial charge in [0.15, 0.2) is 0 Å². The van der Waals surface area contributed by atoms with Crippen LogP contribution in [0.1, 0.15) is 6.92 Å². The van der Waals surface area contributed by atoms with E-state index in [-0.39, 0.29) is 5.38 Å². The number of allylic oxidation sites excluding steroid dienone is 6. The molecule has 0 nitrogen and oxygen atoms in total. The fraction of sp³-hybridized carbons (Fsp3) is 0.250. The Hall–Kier alpha value is -0.490. The van der Waals surface area contributed by atoms with Gasteiger partial charge in [0.2, 0.25) is 0 Å². The molecule has 0 aromatic carbocycles. The van der Waals surface area contributed by atoms with Gasteiger partial charge in [-0.1, -0.05) is 36.0 Å². The second kappa shape index (κ2) is 2.88. The Kier molecular flexibility index (Phi) is 2.12. The van der Waals surface area contributed by atoms with E-state index in [1.165, 1.54) is 5.57 Å². The molecule has 0 heterocycles. The Balaban J connectivity index is 2.77. The van der Waals surface area contributed by atoms with Crippen molar-refractivity contribution in [1.29, 1.82) is 0 Å². The van der Waals surface area contributed by atoms with Gasteiger partial charge in [0.1, 0.15) is 0 Å². The van der Waals surface area contributed by atoms with E-state index < -0.39 is 0 Å². The molecule has 0 aromatic rings. The lowest BCUT2D eigenvalue weighted by atomic mass is 10.2. The van der Waals surface area contributed by atoms with E-state index in [1.54, 1.807) is 0 Å². The summed E-state index contributed by atoms with van der Waals surface area (Å²) in [5.74, 6) is 0. The number of alkyl halides is 1. The van der Waals surface area contributed by atoms with Gasteiger partial charge in [-0.05, 0) is 6.92 Å². The first-order valence-corrected chi connectivity index (χ1v) is 3.40. The summed E-state index contributed by atoms with van der Waals surface area (Å²) in [6.45, 7) is 2.04. The summed E-state index contributed by atoms with van der Waals surface area (Å²) in [6, 6.07) is 0. The molecule has 0 N–H and O–H groups in total. The van der Waals surface area contributed by atoms with Crippen LogP contribution >= 0.6 is 11.6 Å². The third-order valence-corrected chi connectivity index (χ3v) is 1.46. The Bertz CT molecular complexity index is 175. The summed E-state index contributed by atoms with van der Waals surface area (Å²) >= 11 is 5.81. The van der Waals surface area contributed by atoms with Crippen LogP contribution in [0.5, 0.6) is 0 Å². The molecule has 48 valence electrons. The first kappa shape index (κ1) is 6.63. The Morgan fingerprint density at radius 2 is 2.22 bits per heavy atom. The van der Waals surface area contributed by atoms with Gasteiger partial charge < -0.3 is 0 Å². The van der Waals surface area contributed by atoms with Crippen LogP contribution in [0.3, 0.4) is 0 Å². The first-order chi connectivity index (χ1) is 4.29. The lowest BCUT2D eigenvalue weighted by molar-refractivity contribution is 1.35. The van der Waals surface area contributed by atoms with E-state index in [1.807, 2.05) is 37.3 Å². The maximum absolute atomic E-state index is 5.81. The van der Waals surface area contributed by atoms with Crippen LogP contribution in [0.2, 0.25) is 0 Å². The number of hydrogen-bond acceptors (Lipinski definition) is 0. The first-order valence-electron chi connectivity index (χ1n) is 2.96. The molecule has 0 saturated heterocycles. The molecule has 1 heteroatoms. The van der Waals surface area contributed by atoms with Crippen LogP contribution in [0, 0.1) is 0 Å². The maximum Gasteiger partial charge on any atom is 0.0705 e. The molecule has 1 unspecified atom stereocenters. The van der Waals surface area contributed by atoms with Gasteiger partial charge in [-0.2, -0.15) is 0 Å². The van der Waals surface area contributed by atoms with Gasteiger partial charge in [-0.3, -0.25) is 0 Å². The van der Waals surface area contributed by atoms with Crippen LogP contribution in [0.4, 0.5) is 0 Å². The van der Waals surface area contributed by atoms with Crippen LogP contribution in [0.15, 0.2) is 36.0 Å². The van der Waals surface area contributed by atoms with E-state index in [0.29, 0.717) is 0 Å². The maximum atomic E-state index is 5.81. The fourth-order valence-corrected chi connectivity index (χ4v) is 1.02. The van der Waals surface area contributed by atoms with Crippen molar-refractivity contribution >= 4 is 11.6 Å². The highest BCUT2D eigenvalue weighted by Crippen LogP contribution is 2.08. The average Bonchev–Trinajstić information content (AvgIpc) is 1.93. The third kappa shape index (κ3) is 2.06. The van der Waals surface area contributed by atoms with Crippen molar-refractivity contribution in [3.63, 3.8) is 0 Å². The normalized spacial score (nSPS) is 25.6. The van der Waals surface area contributed by atoms with Crippen LogP contribution in [0.25, 0.3) is 0 Å². The SMILES string of the molecule is CC1=CC(Cl)C=CC=C1. The van der Waals surface area contributed by atoms with E-state index in [9.17, 15) is 0 Å². The fourth-order valence-electron chi connectivity index (χ4n) is 0.740. The van der Waals surface area contributed by atoms with Crippen molar-refractivity contribution in [2.45, 2.75) is 12.3 Å². The van der Waals surface area contributed by atoms with Gasteiger partial charge in [0.25, 0.3) is 0 Å². The number of hydrogen-bond donors (Lipinski definition) is 0. The van der Waals surface area contributed by atoms with Gasteiger partial charge in [-0.15, -0.1) is 11.6 Å². The molecule has 1 aliphatic carbocycles. The zero-order valence-corrected chi connectivity index (χ0v) is 6.10. The molecule has 0 fully saturated rings. The minimum absolute atomic E-state index is 0.0694. The van der Waals surface area contributed by atoms with Crippen LogP contribution in [-0.2, 0) is 0 Å². The Morgan fingerprint density at radius 3 is 3.00 bits per heavy atom. The standard InChI is InChI=1S/C8H9Cl/c1-7-4-2-3-5-8(9)6-7/h2-6,8H,1H3. The van der Waals surface area contributed by atoms with Crippen molar-refractivity contribution in [3.8, 4) is 0 Å². The minimum Gasteiger partial charge on any atom is -0.114 e. The molecule has 0 saturated carbocycles. The zero-order chi connectivity index (χ0) is 6.69. The molecule has 9 heavy (non-hydrogen) atoms. The molecule has 0 spiro atoms. The number of halogens is 1. The second-order valence-corrected chi connectivity index (χ2v) is 2.60. The molecule has 1 rings (SSSR count). The van der Waals surface area contributed by atoms with Crippen molar-refractivity contribution in [3.05, 3.63) is 36.0 Å². The van der Waals surface area contributed by atoms with Crippen LogP contribution in [-0.4, -0.2) is 5.38 Å². The van der Waals surface area contributed by atoms with Gasteiger partial charge in [0.05, 0.1) is 5.38 Å². The van der Waals surface area contributed by atoms with Crippen molar-refractivity contribution < 1.29 is 0 Å². The summed E-state index contributed by atoms with van der Waals surface area (Å²) in [5.41, 5.74) is 1.22. The quantitative estimate of drug-likeness (QED) is 0.454. The largest absolute Gasteiger partial charge is 0.114 e. The summed E-state index contributed by atoms with van der Waals surface area (Å²) in [5, 5.41) is 0.0694. The summed E-state index contributed by atoms with van der Waals surface area (Å²) in [7, 11) is 0. The highest BCUT2D eigenvalue weighted by Gasteiger charge is 1.94. The molecular formula is C8H9Cl. The third-order valence-electron chi connectivity index (χ3n) is 1.19. The van der Waals surface area contributed by atoms with Crippen molar-refractivity contribution in [2.75, 3.05) is 0 Å². The van der Waals surface area contributed by atoms with Crippen molar-refractivity contribution in [2.24, 2.45) is 0 Å². The molecule has 1 aliphatic rings. The van der Waals surface area contributed by atoms with Crippen LogP contribution < -0.4 is 0 Å². The van der Waals surface area contributed by atoms with E-state index >= 15 is 0 Å². The summed E-state index contributed by atoms with van der Waals surface area (Å²) in [6.07, 6.45) is 9.97. The molecule has 0 aromatic heterocycles. The highest BCUT2D eigenvalue weighted by atomic mass is 35.5. The second-order valence-electron chi connectivity index (χ2n) is 2.10. The average molecular weight is 141 g/mol. The minimum atomic E-state index is 0.0694. The van der Waals surface area contributed by atoms with E-state index in [2.05, 4.69) is 0 Å². The number of rotatable bonds is 0. The summed E-state index contributed by atoms with van der Waals surface area (Å²) < 4.78 is 0. The molecule has 0 radical (unpaired) electrons. The molecule has 0 bridgehead atoms. The molecule has 0 aliphatic heterocycles. The Labute approximate surface area is 60.5 Å². The Morgan fingerprint density at radius 1 is 1.44 bits per heavy atom. The molecular weight excluding hydrogens is 132 g/mol. The highest BCUT2D eigenvalue weighted by molar-refractivity contribution is 6.23. The van der Waals surface area contributed by atoms with E-state index in [0.717, 1.165) is 0 Å². The summed E-state index contributed by atoms with van der Waals surface area (Å²) in [4.78, 5) is 0. The van der Waals surface area contributed by atoms with E-state index in [4.69, 9.17) is 11.6 Å². The van der Waals surface area contributed by atoms with Gasteiger partial charge in [-0.25, -0.2) is 0 Å². The van der Waals surface area contributed by atoms with Gasteiger partial charge >= 0.3 is 0 Å². The predicted octanol–water partition coefficient (Wildman–Crippen LogP) is 2.67. The van der Waals surface area contributed by atoms with Gasteiger partial charge in [0, 0.05) is 0 Å². The smallest absolute Gasteiger partial charge is 0.0705 e. The zero-order valence-electron chi connectivity index (χ0n) is 5.34. The lowest BCUT2D eigenvalue weighted by Gasteiger charge is -1.92. The monoisotopic (exact) mass is 140 g/mol. The topological polar surface area (TPSA) is 0 Å². The molecule has 0 amide bonds. The lowest BCUT2D eigenvalue weighted by Crippen LogP contribution is -1.84. The van der Waals surface area contributed by atoms with Crippen molar-refractivity contribution in [1.82, 2.24) is 0 Å². The molecule has 1 atom stereocenters. The predicted molar refractivity (Wildman–Crippen MR) is 41.7 cm³/mol.